The van der Waals surface area contributed by atoms with Gasteiger partial charge in [0.1, 0.15) is 18.2 Å². The molecule has 1 aromatic heterocycles. The lowest BCUT2D eigenvalue weighted by Crippen LogP contribution is -2.53. The Bertz CT molecular complexity index is 841. The number of hydrogen-bond acceptors (Lipinski definition) is 6. The summed E-state index contributed by atoms with van der Waals surface area (Å²) in [4.78, 5) is 25.7. The van der Waals surface area contributed by atoms with Crippen LogP contribution < -0.4 is 9.64 Å². The van der Waals surface area contributed by atoms with Crippen LogP contribution in [0.1, 0.15) is 19.3 Å². The van der Waals surface area contributed by atoms with E-state index in [1.807, 2.05) is 9.80 Å². The molecule has 0 spiro atoms. The Kier molecular flexibility index (Phi) is 5.07. The molecule has 7 nitrogen and oxygen atoms in total. The molecular weight excluding hydrogens is 351 g/mol. The molecule has 0 bridgehead atoms. The number of hydrogen-bond donors (Lipinski definition) is 0. The number of piperidine rings is 1. The van der Waals surface area contributed by atoms with Gasteiger partial charge in [-0.05, 0) is 25.3 Å². The maximum Gasteiger partial charge on any atom is 0.245 e. The van der Waals surface area contributed by atoms with Gasteiger partial charge in [0.25, 0.3) is 0 Å². The first-order valence-electron chi connectivity index (χ1n) is 9.30. The highest BCUT2D eigenvalue weighted by atomic mass is 19.1. The highest BCUT2D eigenvalue weighted by Gasteiger charge is 2.34. The summed E-state index contributed by atoms with van der Waals surface area (Å²) in [6.45, 7) is 3.11. The van der Waals surface area contributed by atoms with E-state index in [1.54, 1.807) is 6.07 Å². The predicted molar refractivity (Wildman–Crippen MR) is 98.4 cm³/mol. The number of carbonyl (C=O) groups is 1. The summed E-state index contributed by atoms with van der Waals surface area (Å²) in [6, 6.07) is 2.69. The third kappa shape index (κ3) is 3.41. The van der Waals surface area contributed by atoms with Gasteiger partial charge in [-0.3, -0.25) is 4.79 Å². The number of methoxy groups -OCH3 is 1. The summed E-state index contributed by atoms with van der Waals surface area (Å²) in [5.74, 6) is 0.448. The monoisotopic (exact) mass is 374 g/mol. The van der Waals surface area contributed by atoms with Crippen molar-refractivity contribution in [3.8, 4) is 5.75 Å². The number of benzene rings is 1. The molecule has 1 aromatic carbocycles. The Morgan fingerprint density at radius 1 is 1.22 bits per heavy atom. The van der Waals surface area contributed by atoms with Crippen molar-refractivity contribution in [2.75, 3.05) is 44.9 Å². The molecule has 2 fully saturated rings. The number of aromatic nitrogens is 2. The molecule has 144 valence electrons. The maximum atomic E-state index is 14.1. The van der Waals surface area contributed by atoms with Crippen LogP contribution in [-0.4, -0.2) is 66.8 Å². The number of halogens is 1. The number of fused-ring (bicyclic) bond motifs is 1. The molecule has 0 saturated carbocycles. The maximum absolute atomic E-state index is 14.1. The van der Waals surface area contributed by atoms with Crippen LogP contribution >= 0.6 is 0 Å². The Hall–Kier alpha value is -2.48. The van der Waals surface area contributed by atoms with Crippen LogP contribution in [0.2, 0.25) is 0 Å². The first-order chi connectivity index (χ1) is 13.2. The number of morpholine rings is 1. The highest BCUT2D eigenvalue weighted by molar-refractivity contribution is 5.94. The highest BCUT2D eigenvalue weighted by Crippen LogP contribution is 2.33. The van der Waals surface area contributed by atoms with Crippen molar-refractivity contribution in [2.24, 2.45) is 0 Å². The van der Waals surface area contributed by atoms with E-state index in [0.29, 0.717) is 43.0 Å². The molecule has 0 N–H and O–H groups in total. The molecular formula is C19H23FN4O3. The fourth-order valence-electron chi connectivity index (χ4n) is 3.87. The van der Waals surface area contributed by atoms with E-state index in [9.17, 15) is 9.18 Å². The molecule has 1 amide bonds. The van der Waals surface area contributed by atoms with E-state index in [2.05, 4.69) is 9.97 Å². The quantitative estimate of drug-likeness (QED) is 0.819. The Morgan fingerprint density at radius 2 is 2.04 bits per heavy atom. The van der Waals surface area contributed by atoms with E-state index >= 15 is 0 Å². The van der Waals surface area contributed by atoms with Crippen molar-refractivity contribution in [2.45, 2.75) is 25.3 Å². The average Bonchev–Trinajstić information content (AvgIpc) is 2.73. The lowest BCUT2D eigenvalue weighted by atomic mass is 10.00. The van der Waals surface area contributed by atoms with Crippen molar-refractivity contribution in [1.29, 1.82) is 0 Å². The van der Waals surface area contributed by atoms with Crippen LogP contribution in [0.25, 0.3) is 10.9 Å². The fourth-order valence-corrected chi connectivity index (χ4v) is 3.87. The number of carbonyl (C=O) groups excluding carboxylic acids is 1. The summed E-state index contributed by atoms with van der Waals surface area (Å²) >= 11 is 0. The van der Waals surface area contributed by atoms with E-state index in [4.69, 9.17) is 9.47 Å². The van der Waals surface area contributed by atoms with E-state index < -0.39 is 5.82 Å². The number of amides is 1. The Balaban J connectivity index is 1.72. The average molecular weight is 374 g/mol. The smallest absolute Gasteiger partial charge is 0.245 e. The Labute approximate surface area is 157 Å². The number of rotatable bonds is 3. The topological polar surface area (TPSA) is 67.8 Å². The van der Waals surface area contributed by atoms with Gasteiger partial charge in [-0.2, -0.15) is 0 Å². The zero-order valence-electron chi connectivity index (χ0n) is 15.4. The summed E-state index contributed by atoms with van der Waals surface area (Å²) in [5, 5.41) is 0.692. The van der Waals surface area contributed by atoms with Crippen LogP contribution in [0.4, 0.5) is 10.2 Å². The third-order valence-corrected chi connectivity index (χ3v) is 5.27. The van der Waals surface area contributed by atoms with Gasteiger partial charge in [0.15, 0.2) is 11.6 Å². The number of ether oxygens (including phenoxy) is 2. The molecule has 2 aliphatic rings. The predicted octanol–water partition coefficient (Wildman–Crippen LogP) is 2.00. The first kappa shape index (κ1) is 17.9. The molecule has 2 aliphatic heterocycles. The molecule has 0 aliphatic carbocycles. The second kappa shape index (κ2) is 7.64. The molecule has 4 rings (SSSR count). The second-order valence-electron chi connectivity index (χ2n) is 6.84. The van der Waals surface area contributed by atoms with Crippen LogP contribution in [0.3, 0.4) is 0 Å². The Morgan fingerprint density at radius 3 is 2.81 bits per heavy atom. The number of nitrogens with zero attached hydrogens (tertiary/aromatic N) is 4. The standard InChI is InChI=1S/C19H23FN4O3/c1-26-17-10-13-15(11-14(17)20)21-12-22-18(13)24-5-3-2-4-16(24)19(25)23-6-8-27-9-7-23/h10-12,16H,2-9H2,1H3. The van der Waals surface area contributed by atoms with Gasteiger partial charge in [-0.1, -0.05) is 0 Å². The van der Waals surface area contributed by atoms with Crippen molar-refractivity contribution >= 4 is 22.6 Å². The van der Waals surface area contributed by atoms with Crippen LogP contribution in [0.15, 0.2) is 18.5 Å². The lowest BCUT2D eigenvalue weighted by molar-refractivity contribution is -0.137. The van der Waals surface area contributed by atoms with E-state index in [0.717, 1.165) is 25.8 Å². The molecule has 1 unspecified atom stereocenters. The summed E-state index contributed by atoms with van der Waals surface area (Å²) in [5.41, 5.74) is 0.501. The third-order valence-electron chi connectivity index (χ3n) is 5.27. The molecule has 2 saturated heterocycles. The van der Waals surface area contributed by atoms with Crippen molar-refractivity contribution < 1.29 is 18.7 Å². The van der Waals surface area contributed by atoms with Gasteiger partial charge in [-0.25, -0.2) is 14.4 Å². The van der Waals surface area contributed by atoms with Crippen molar-refractivity contribution in [3.63, 3.8) is 0 Å². The van der Waals surface area contributed by atoms with Gasteiger partial charge in [-0.15, -0.1) is 0 Å². The summed E-state index contributed by atoms with van der Waals surface area (Å²) in [7, 11) is 1.43. The van der Waals surface area contributed by atoms with Crippen LogP contribution in [-0.2, 0) is 9.53 Å². The van der Waals surface area contributed by atoms with E-state index in [1.165, 1.54) is 19.5 Å². The van der Waals surface area contributed by atoms with Crippen LogP contribution in [0, 0.1) is 5.82 Å². The first-order valence-corrected chi connectivity index (χ1v) is 9.30. The van der Waals surface area contributed by atoms with Gasteiger partial charge in [0, 0.05) is 31.1 Å². The zero-order valence-corrected chi connectivity index (χ0v) is 15.4. The minimum absolute atomic E-state index is 0.110. The van der Waals surface area contributed by atoms with E-state index in [-0.39, 0.29) is 17.7 Å². The molecule has 27 heavy (non-hydrogen) atoms. The molecule has 3 heterocycles. The summed E-state index contributed by atoms with van der Waals surface area (Å²) < 4.78 is 24.6. The molecule has 1 atom stereocenters. The normalized spacial score (nSPS) is 20.7. The van der Waals surface area contributed by atoms with Gasteiger partial charge in [0.05, 0.1) is 25.8 Å². The van der Waals surface area contributed by atoms with Crippen molar-refractivity contribution in [3.05, 3.63) is 24.3 Å². The van der Waals surface area contributed by atoms with Gasteiger partial charge >= 0.3 is 0 Å². The van der Waals surface area contributed by atoms with Gasteiger partial charge < -0.3 is 19.3 Å². The molecule has 2 aromatic rings. The fraction of sp³-hybridized carbons (Fsp3) is 0.526. The number of anilines is 1. The lowest BCUT2D eigenvalue weighted by Gasteiger charge is -2.39. The molecule has 8 heteroatoms. The van der Waals surface area contributed by atoms with Gasteiger partial charge in [0.2, 0.25) is 5.91 Å². The SMILES string of the molecule is COc1cc2c(N3CCCCC3C(=O)N3CCOCC3)ncnc2cc1F. The summed E-state index contributed by atoms with van der Waals surface area (Å²) in [6.07, 6.45) is 4.18. The minimum atomic E-state index is -0.464. The largest absolute Gasteiger partial charge is 0.494 e. The molecule has 0 radical (unpaired) electrons. The minimum Gasteiger partial charge on any atom is -0.494 e. The second-order valence-corrected chi connectivity index (χ2v) is 6.84. The van der Waals surface area contributed by atoms with Crippen molar-refractivity contribution in [1.82, 2.24) is 14.9 Å². The zero-order chi connectivity index (χ0) is 18.8. The van der Waals surface area contributed by atoms with Crippen LogP contribution in [0.5, 0.6) is 5.75 Å².